The maximum atomic E-state index is 13.4. The molecule has 0 bridgehead atoms. The minimum absolute atomic E-state index is 0.135. The lowest BCUT2D eigenvalue weighted by Gasteiger charge is -2.26. The highest BCUT2D eigenvalue weighted by atomic mass is 16.5. The van der Waals surface area contributed by atoms with Crippen LogP contribution >= 0.6 is 0 Å². The summed E-state index contributed by atoms with van der Waals surface area (Å²) in [6.45, 7) is 6.15. The summed E-state index contributed by atoms with van der Waals surface area (Å²) in [5.74, 6) is 0.152. The van der Waals surface area contributed by atoms with Crippen molar-refractivity contribution >= 4 is 22.5 Å². The van der Waals surface area contributed by atoms with E-state index < -0.39 is 0 Å². The molecule has 6 nitrogen and oxygen atoms in total. The fourth-order valence-electron chi connectivity index (χ4n) is 4.82. The number of aryl methyl sites for hydroxylation is 2. The van der Waals surface area contributed by atoms with Crippen molar-refractivity contribution in [1.29, 1.82) is 0 Å². The minimum Gasteiger partial charge on any atom is -0.376 e. The Bertz CT molecular complexity index is 1280. The topological polar surface area (TPSA) is 59.7 Å². The van der Waals surface area contributed by atoms with E-state index in [0.717, 1.165) is 58.5 Å². The molecule has 3 heterocycles. The van der Waals surface area contributed by atoms with E-state index in [0.29, 0.717) is 25.9 Å². The van der Waals surface area contributed by atoms with Crippen LogP contribution in [-0.2, 0) is 22.5 Å². The van der Waals surface area contributed by atoms with Crippen LogP contribution in [0.4, 0.5) is 0 Å². The lowest BCUT2D eigenvalue weighted by atomic mass is 10.1. The van der Waals surface area contributed by atoms with Gasteiger partial charge in [0.15, 0.2) is 5.65 Å². The second-order valence-corrected chi connectivity index (χ2v) is 8.91. The molecule has 1 unspecified atom stereocenters. The first-order valence-corrected chi connectivity index (χ1v) is 11.8. The van der Waals surface area contributed by atoms with Crippen LogP contribution in [0, 0.1) is 13.8 Å². The van der Waals surface area contributed by atoms with Crippen molar-refractivity contribution in [2.75, 3.05) is 13.2 Å². The highest BCUT2D eigenvalue weighted by Crippen LogP contribution is 2.23. The van der Waals surface area contributed by atoms with Crippen LogP contribution in [0.2, 0.25) is 0 Å². The maximum Gasteiger partial charge on any atom is 0.223 e. The third kappa shape index (κ3) is 4.48. The van der Waals surface area contributed by atoms with Gasteiger partial charge in [-0.2, -0.15) is 5.10 Å². The van der Waals surface area contributed by atoms with Gasteiger partial charge in [0.2, 0.25) is 5.91 Å². The molecule has 6 heteroatoms. The number of rotatable bonds is 7. The number of aromatic nitrogens is 3. The Hall–Kier alpha value is -3.25. The number of benzene rings is 2. The van der Waals surface area contributed by atoms with Gasteiger partial charge in [-0.15, -0.1) is 0 Å². The molecule has 2 aromatic heterocycles. The van der Waals surface area contributed by atoms with Crippen LogP contribution in [0.3, 0.4) is 0 Å². The lowest BCUT2D eigenvalue weighted by molar-refractivity contribution is -0.133. The largest absolute Gasteiger partial charge is 0.376 e. The van der Waals surface area contributed by atoms with Crippen molar-refractivity contribution in [2.45, 2.75) is 52.2 Å². The second kappa shape index (κ2) is 9.32. The fraction of sp³-hybridized carbons (Fsp3) is 0.370. The Morgan fingerprint density at radius 1 is 1.12 bits per heavy atom. The average Bonchev–Trinajstić information content (AvgIpc) is 3.47. The number of ether oxygens (including phenoxy) is 1. The van der Waals surface area contributed by atoms with Crippen LogP contribution in [0.15, 0.2) is 54.6 Å². The van der Waals surface area contributed by atoms with Gasteiger partial charge in [0.25, 0.3) is 0 Å². The quantitative estimate of drug-likeness (QED) is 0.418. The number of amides is 1. The lowest BCUT2D eigenvalue weighted by Crippen LogP contribution is -2.37. The molecule has 0 radical (unpaired) electrons. The van der Waals surface area contributed by atoms with E-state index in [-0.39, 0.29) is 12.0 Å². The number of hydrogen-bond donors (Lipinski definition) is 0. The molecule has 1 atom stereocenters. The monoisotopic (exact) mass is 442 g/mol. The van der Waals surface area contributed by atoms with Gasteiger partial charge >= 0.3 is 0 Å². The predicted octanol–water partition coefficient (Wildman–Crippen LogP) is 4.64. The van der Waals surface area contributed by atoms with Gasteiger partial charge in [0.05, 0.1) is 11.6 Å². The molecular weight excluding hydrogens is 412 g/mol. The van der Waals surface area contributed by atoms with Gasteiger partial charge in [-0.05, 0) is 56.4 Å². The Labute approximate surface area is 194 Å². The zero-order chi connectivity index (χ0) is 22.8. The summed E-state index contributed by atoms with van der Waals surface area (Å²) >= 11 is 0. The van der Waals surface area contributed by atoms with E-state index in [1.807, 2.05) is 52.7 Å². The first-order valence-electron chi connectivity index (χ1n) is 11.8. The Morgan fingerprint density at radius 3 is 2.70 bits per heavy atom. The van der Waals surface area contributed by atoms with Crippen molar-refractivity contribution in [1.82, 2.24) is 19.5 Å². The van der Waals surface area contributed by atoms with Crippen LogP contribution in [0.5, 0.6) is 0 Å². The molecule has 1 aliphatic rings. The van der Waals surface area contributed by atoms with Gasteiger partial charge in [-0.3, -0.25) is 4.79 Å². The van der Waals surface area contributed by atoms with Crippen molar-refractivity contribution < 1.29 is 9.53 Å². The minimum atomic E-state index is 0.135. The molecule has 5 rings (SSSR count). The van der Waals surface area contributed by atoms with Crippen LogP contribution in [0.1, 0.15) is 41.8 Å². The molecule has 4 aromatic rings. The van der Waals surface area contributed by atoms with Crippen LogP contribution < -0.4 is 0 Å². The first-order chi connectivity index (χ1) is 16.1. The average molecular weight is 443 g/mol. The molecule has 1 aliphatic heterocycles. The standard InChI is InChI=1S/C27H30N4O2/c1-19-23(20(2)31-27(28-19)24-12-6-7-13-25(24)29-31)14-15-26(32)30(18-22-11-8-16-33-22)17-21-9-4-3-5-10-21/h3-7,9-10,12-13,22H,8,11,14-18H2,1-2H3. The number of carbonyl (C=O) groups is 1. The molecule has 1 fully saturated rings. The Balaban J connectivity index is 1.36. The normalized spacial score (nSPS) is 16.0. The van der Waals surface area contributed by atoms with E-state index in [1.54, 1.807) is 0 Å². The summed E-state index contributed by atoms with van der Waals surface area (Å²) in [6.07, 6.45) is 3.31. The highest BCUT2D eigenvalue weighted by molar-refractivity contribution is 5.92. The van der Waals surface area contributed by atoms with Crippen molar-refractivity contribution in [3.05, 3.63) is 77.1 Å². The van der Waals surface area contributed by atoms with Gasteiger partial charge < -0.3 is 9.64 Å². The van der Waals surface area contributed by atoms with Crippen molar-refractivity contribution in [3.63, 3.8) is 0 Å². The second-order valence-electron chi connectivity index (χ2n) is 8.91. The van der Waals surface area contributed by atoms with Gasteiger partial charge in [-0.25, -0.2) is 9.50 Å². The molecular formula is C27H30N4O2. The highest BCUT2D eigenvalue weighted by Gasteiger charge is 2.23. The van der Waals surface area contributed by atoms with Crippen molar-refractivity contribution in [3.8, 4) is 0 Å². The summed E-state index contributed by atoms with van der Waals surface area (Å²) in [4.78, 5) is 20.2. The third-order valence-electron chi connectivity index (χ3n) is 6.62. The zero-order valence-electron chi connectivity index (χ0n) is 19.3. The SMILES string of the molecule is Cc1nc2c3ccccc3nn2c(C)c1CCC(=O)N(Cc1ccccc1)CC1CCCO1. The molecule has 0 spiro atoms. The number of fused-ring (bicyclic) bond motifs is 3. The molecule has 2 aromatic carbocycles. The smallest absolute Gasteiger partial charge is 0.223 e. The molecule has 170 valence electrons. The number of hydrogen-bond acceptors (Lipinski definition) is 4. The molecule has 1 amide bonds. The zero-order valence-corrected chi connectivity index (χ0v) is 19.3. The van der Waals surface area contributed by atoms with Crippen LogP contribution in [0.25, 0.3) is 16.6 Å². The third-order valence-corrected chi connectivity index (χ3v) is 6.62. The van der Waals surface area contributed by atoms with Crippen molar-refractivity contribution in [2.24, 2.45) is 0 Å². The summed E-state index contributed by atoms with van der Waals surface area (Å²) in [6, 6.07) is 18.3. The summed E-state index contributed by atoms with van der Waals surface area (Å²) < 4.78 is 7.76. The summed E-state index contributed by atoms with van der Waals surface area (Å²) in [5, 5.41) is 5.80. The molecule has 0 aliphatic carbocycles. The van der Waals surface area contributed by atoms with Crippen LogP contribution in [-0.4, -0.2) is 44.7 Å². The Kier molecular flexibility index (Phi) is 6.09. The first kappa shape index (κ1) is 21.6. The molecule has 33 heavy (non-hydrogen) atoms. The van der Waals surface area contributed by atoms with E-state index >= 15 is 0 Å². The fourth-order valence-corrected chi connectivity index (χ4v) is 4.82. The number of carbonyl (C=O) groups excluding carboxylic acids is 1. The van der Waals surface area contributed by atoms with Gasteiger partial charge in [-0.1, -0.05) is 42.5 Å². The van der Waals surface area contributed by atoms with E-state index in [4.69, 9.17) is 14.8 Å². The van der Waals surface area contributed by atoms with Gasteiger partial charge in [0, 0.05) is 42.9 Å². The maximum absolute atomic E-state index is 13.4. The molecule has 0 N–H and O–H groups in total. The van der Waals surface area contributed by atoms with E-state index in [2.05, 4.69) is 25.1 Å². The Morgan fingerprint density at radius 2 is 1.91 bits per heavy atom. The predicted molar refractivity (Wildman–Crippen MR) is 129 cm³/mol. The number of nitrogens with zero attached hydrogens (tertiary/aromatic N) is 4. The summed E-state index contributed by atoms with van der Waals surface area (Å²) in [7, 11) is 0. The summed E-state index contributed by atoms with van der Waals surface area (Å²) in [5.41, 5.74) is 6.07. The van der Waals surface area contributed by atoms with E-state index in [9.17, 15) is 4.79 Å². The molecule has 0 saturated carbocycles. The molecule has 1 saturated heterocycles. The van der Waals surface area contributed by atoms with Gasteiger partial charge in [0.1, 0.15) is 0 Å². The van der Waals surface area contributed by atoms with E-state index in [1.165, 1.54) is 0 Å².